The Balaban J connectivity index is 3.42. The van der Waals surface area contributed by atoms with Gasteiger partial charge in [-0.2, -0.15) is 0 Å². The van der Waals surface area contributed by atoms with Crippen molar-refractivity contribution in [2.24, 2.45) is 0 Å². The number of hydrogen-bond donors (Lipinski definition) is 2. The van der Waals surface area contributed by atoms with Gasteiger partial charge in [0.25, 0.3) is 0 Å². The zero-order valence-corrected chi connectivity index (χ0v) is 12.1. The maximum Gasteiger partial charge on any atom is 0.160 e. The number of unbranched alkanes of at least 4 members (excludes halogenated alkanes) is 2. The van der Waals surface area contributed by atoms with Crippen molar-refractivity contribution in [3.05, 3.63) is 0 Å². The maximum absolute atomic E-state index is 11.4. The van der Waals surface area contributed by atoms with Gasteiger partial charge in [-0.25, -0.2) is 0 Å². The molecule has 0 unspecified atom stereocenters. The highest BCUT2D eigenvalue weighted by atomic mass is 16.1. The summed E-state index contributed by atoms with van der Waals surface area (Å²) in [6, 6.07) is 0. The normalized spacial score (nSPS) is 10.4. The molecular weight excluding hydrogens is 244 g/mol. The Morgan fingerprint density at radius 3 is 2.11 bits per heavy atom. The summed E-state index contributed by atoms with van der Waals surface area (Å²) in [6.07, 6.45) is 3.96. The third-order valence-corrected chi connectivity index (χ3v) is 2.68. The highest BCUT2D eigenvalue weighted by Crippen LogP contribution is 1.91. The van der Waals surface area contributed by atoms with Gasteiger partial charge in [-0.15, -0.1) is 0 Å². The van der Waals surface area contributed by atoms with Crippen LogP contribution in [0.15, 0.2) is 0 Å². The number of nitrogens with one attached hydrogen (secondary N) is 2. The van der Waals surface area contributed by atoms with Gasteiger partial charge in [-0.1, -0.05) is 19.8 Å². The van der Waals surface area contributed by atoms with Crippen LogP contribution in [0.3, 0.4) is 0 Å². The summed E-state index contributed by atoms with van der Waals surface area (Å²) in [4.78, 5) is 33.4. The quantitative estimate of drug-likeness (QED) is 0.486. The average Bonchev–Trinajstić information content (AvgIpc) is 2.36. The summed E-state index contributed by atoms with van der Waals surface area (Å²) in [5, 5.41) is 5.89. The predicted molar refractivity (Wildman–Crippen MR) is 75.2 cm³/mol. The number of ketones is 3. The monoisotopic (exact) mass is 270 g/mol. The molecule has 0 spiro atoms. The summed E-state index contributed by atoms with van der Waals surface area (Å²) in [5.41, 5.74) is 0. The lowest BCUT2D eigenvalue weighted by Gasteiger charge is -2.05. The zero-order valence-electron chi connectivity index (χ0n) is 12.1. The average molecular weight is 270 g/mol. The van der Waals surface area contributed by atoms with Crippen LogP contribution in [0, 0.1) is 0 Å². The predicted octanol–water partition coefficient (Wildman–Crippen LogP) is 0.863. The van der Waals surface area contributed by atoms with Crippen LogP contribution in [0.2, 0.25) is 0 Å². The molecule has 0 aliphatic carbocycles. The van der Waals surface area contributed by atoms with Crippen LogP contribution in [0.4, 0.5) is 0 Å². The maximum atomic E-state index is 11.4. The van der Waals surface area contributed by atoms with Gasteiger partial charge in [0.15, 0.2) is 5.78 Å². The van der Waals surface area contributed by atoms with Gasteiger partial charge in [-0.05, 0) is 19.9 Å². The van der Waals surface area contributed by atoms with Crippen LogP contribution in [0.25, 0.3) is 0 Å². The lowest BCUT2D eigenvalue weighted by Crippen LogP contribution is -2.34. The highest BCUT2D eigenvalue weighted by Gasteiger charge is 2.05. The highest BCUT2D eigenvalue weighted by molar-refractivity contribution is 5.87. The Hall–Kier alpha value is -1.07. The molecule has 0 aromatic heterocycles. The molecule has 5 nitrogen and oxygen atoms in total. The van der Waals surface area contributed by atoms with Gasteiger partial charge in [-0.3, -0.25) is 9.59 Å². The molecule has 0 aromatic carbocycles. The van der Waals surface area contributed by atoms with Gasteiger partial charge in [0, 0.05) is 12.8 Å². The minimum Gasteiger partial charge on any atom is -0.310 e. The Labute approximate surface area is 115 Å². The summed E-state index contributed by atoms with van der Waals surface area (Å²) < 4.78 is 0. The molecule has 0 heterocycles. The van der Waals surface area contributed by atoms with Crippen molar-refractivity contribution in [2.45, 2.75) is 46.0 Å². The van der Waals surface area contributed by atoms with E-state index in [9.17, 15) is 14.4 Å². The molecule has 0 aliphatic heterocycles. The molecule has 5 heteroatoms. The summed E-state index contributed by atoms with van der Waals surface area (Å²) in [5.74, 6) is 0.0375. The third kappa shape index (κ3) is 13.2. The van der Waals surface area contributed by atoms with Crippen molar-refractivity contribution in [2.75, 3.05) is 26.2 Å². The molecule has 0 amide bonds. The molecule has 110 valence electrons. The van der Waals surface area contributed by atoms with E-state index in [2.05, 4.69) is 17.6 Å². The molecule has 0 radical (unpaired) electrons. The van der Waals surface area contributed by atoms with E-state index in [4.69, 9.17) is 0 Å². The summed E-state index contributed by atoms with van der Waals surface area (Å²) in [6.45, 7) is 5.17. The van der Waals surface area contributed by atoms with Crippen LogP contribution < -0.4 is 10.6 Å². The van der Waals surface area contributed by atoms with Crippen LogP contribution in [-0.2, 0) is 14.4 Å². The molecule has 0 saturated carbocycles. The first kappa shape index (κ1) is 17.9. The fraction of sp³-hybridized carbons (Fsp3) is 0.786. The van der Waals surface area contributed by atoms with E-state index in [0.29, 0.717) is 6.54 Å². The SMILES string of the molecule is CCCCCNCC(=O)CNCC(=O)CCC(C)=O. The Bertz CT molecular complexity index is 290. The van der Waals surface area contributed by atoms with E-state index >= 15 is 0 Å². The molecule has 0 aromatic rings. The first-order chi connectivity index (χ1) is 9.06. The van der Waals surface area contributed by atoms with E-state index < -0.39 is 0 Å². The Kier molecular flexibility index (Phi) is 11.3. The van der Waals surface area contributed by atoms with Crippen molar-refractivity contribution in [1.29, 1.82) is 0 Å². The van der Waals surface area contributed by atoms with Crippen LogP contribution in [0.1, 0.15) is 46.0 Å². The van der Waals surface area contributed by atoms with E-state index in [1.165, 1.54) is 19.8 Å². The van der Waals surface area contributed by atoms with Crippen molar-refractivity contribution in [3.63, 3.8) is 0 Å². The molecule has 0 rings (SSSR count). The summed E-state index contributed by atoms with van der Waals surface area (Å²) >= 11 is 0. The van der Waals surface area contributed by atoms with Crippen LogP contribution in [-0.4, -0.2) is 43.5 Å². The van der Waals surface area contributed by atoms with Gasteiger partial charge < -0.3 is 15.4 Å². The van der Waals surface area contributed by atoms with Gasteiger partial charge in [0.05, 0.1) is 19.6 Å². The fourth-order valence-corrected chi connectivity index (χ4v) is 1.54. The minimum absolute atomic E-state index is 0.0145. The molecule has 0 aliphatic rings. The number of Topliss-reactive ketones (excluding diaryl/α,β-unsaturated/α-hetero) is 3. The number of carbonyl (C=O) groups is 3. The van der Waals surface area contributed by atoms with Crippen molar-refractivity contribution < 1.29 is 14.4 Å². The number of hydrogen-bond acceptors (Lipinski definition) is 5. The number of rotatable bonds is 13. The van der Waals surface area contributed by atoms with Crippen molar-refractivity contribution in [1.82, 2.24) is 10.6 Å². The fourth-order valence-electron chi connectivity index (χ4n) is 1.54. The first-order valence-electron chi connectivity index (χ1n) is 7.00. The minimum atomic E-state index is -0.0288. The molecule has 2 N–H and O–H groups in total. The summed E-state index contributed by atoms with van der Waals surface area (Å²) in [7, 11) is 0. The van der Waals surface area contributed by atoms with E-state index in [1.807, 2.05) is 0 Å². The lowest BCUT2D eigenvalue weighted by atomic mass is 10.2. The Morgan fingerprint density at radius 2 is 1.47 bits per heavy atom. The smallest absolute Gasteiger partial charge is 0.160 e. The second-order valence-corrected chi connectivity index (χ2v) is 4.77. The topological polar surface area (TPSA) is 75.3 Å². The van der Waals surface area contributed by atoms with Gasteiger partial charge in [0.1, 0.15) is 11.6 Å². The number of carbonyl (C=O) groups excluding carboxylic acids is 3. The van der Waals surface area contributed by atoms with Crippen molar-refractivity contribution >= 4 is 17.3 Å². The first-order valence-corrected chi connectivity index (χ1v) is 7.00. The molecule has 0 fully saturated rings. The van der Waals surface area contributed by atoms with Gasteiger partial charge >= 0.3 is 0 Å². The molecule has 0 bridgehead atoms. The van der Waals surface area contributed by atoms with Crippen LogP contribution >= 0.6 is 0 Å². The van der Waals surface area contributed by atoms with E-state index in [1.54, 1.807) is 0 Å². The molecular formula is C14H26N2O3. The molecule has 0 saturated heterocycles. The second kappa shape index (κ2) is 12.0. The zero-order chi connectivity index (χ0) is 14.5. The van der Waals surface area contributed by atoms with E-state index in [-0.39, 0.29) is 43.3 Å². The van der Waals surface area contributed by atoms with Gasteiger partial charge in [0.2, 0.25) is 0 Å². The van der Waals surface area contributed by atoms with Crippen LogP contribution in [0.5, 0.6) is 0 Å². The standard InChI is InChI=1S/C14H26N2O3/c1-3-4-5-8-15-10-14(19)11-16-9-13(18)7-6-12(2)17/h15-16H,3-11H2,1-2H3. The second-order valence-electron chi connectivity index (χ2n) is 4.77. The van der Waals surface area contributed by atoms with E-state index in [0.717, 1.165) is 13.0 Å². The molecule has 0 atom stereocenters. The lowest BCUT2D eigenvalue weighted by molar-refractivity contribution is -0.123. The molecule has 19 heavy (non-hydrogen) atoms. The Morgan fingerprint density at radius 1 is 0.842 bits per heavy atom. The largest absolute Gasteiger partial charge is 0.310 e. The van der Waals surface area contributed by atoms with Crippen molar-refractivity contribution in [3.8, 4) is 0 Å². The third-order valence-electron chi connectivity index (χ3n) is 2.68.